The fraction of sp³-hybridized carbons (Fsp3) is 0.600. The van der Waals surface area contributed by atoms with Gasteiger partial charge in [0.05, 0.1) is 18.3 Å². The number of nitrogens with zero attached hydrogens (tertiary/aromatic N) is 2. The highest BCUT2D eigenvalue weighted by atomic mass is 79.9. The molecule has 1 aliphatic heterocycles. The molecule has 3 nitrogen and oxygen atoms in total. The normalized spacial score (nSPS) is 25.4. The summed E-state index contributed by atoms with van der Waals surface area (Å²) < 4.78 is 1.11. The Hall–Kier alpha value is -0.580. The van der Waals surface area contributed by atoms with E-state index in [1.54, 1.807) is 0 Å². The van der Waals surface area contributed by atoms with Crippen LogP contribution < -0.4 is 4.90 Å². The maximum Gasteiger partial charge on any atom is 0.0648 e. The molecule has 1 aromatic carbocycles. The molecule has 1 aliphatic rings. The predicted octanol–water partition coefficient (Wildman–Crippen LogP) is 2.65. The van der Waals surface area contributed by atoms with Gasteiger partial charge in [-0.05, 0) is 60.9 Å². The number of benzene rings is 1. The highest BCUT2D eigenvalue weighted by Crippen LogP contribution is 2.30. The molecule has 0 spiro atoms. The number of aliphatic hydroxyl groups is 1. The minimum absolute atomic E-state index is 0.161. The lowest BCUT2D eigenvalue weighted by atomic mass is 10.1. The van der Waals surface area contributed by atoms with E-state index in [2.05, 4.69) is 64.8 Å². The number of aryl methyl sites for hydroxylation is 1. The highest BCUT2D eigenvalue weighted by Gasteiger charge is 2.27. The second-order valence-corrected chi connectivity index (χ2v) is 6.42. The van der Waals surface area contributed by atoms with Crippen LogP contribution in [0.2, 0.25) is 0 Å². The van der Waals surface area contributed by atoms with E-state index in [0.717, 1.165) is 24.0 Å². The van der Waals surface area contributed by atoms with Crippen molar-refractivity contribution in [3.63, 3.8) is 0 Å². The van der Waals surface area contributed by atoms with Gasteiger partial charge in [0.25, 0.3) is 0 Å². The topological polar surface area (TPSA) is 26.7 Å². The van der Waals surface area contributed by atoms with Crippen LogP contribution in [0.15, 0.2) is 22.7 Å². The number of halogens is 1. The SMILES string of the molecule is Cc1ccc(N2CCC(C)N(C)CC2CO)c(Br)c1. The summed E-state index contributed by atoms with van der Waals surface area (Å²) >= 11 is 3.66. The van der Waals surface area contributed by atoms with Gasteiger partial charge in [-0.2, -0.15) is 0 Å². The molecule has 0 saturated carbocycles. The highest BCUT2D eigenvalue weighted by molar-refractivity contribution is 9.10. The van der Waals surface area contributed by atoms with Gasteiger partial charge in [0, 0.05) is 23.6 Å². The Balaban J connectivity index is 2.30. The Morgan fingerprint density at radius 3 is 2.79 bits per heavy atom. The monoisotopic (exact) mass is 326 g/mol. The number of rotatable bonds is 2. The standard InChI is InChI=1S/C15H23BrN2O/c1-11-4-5-15(14(16)8-11)18-7-6-12(2)17(3)9-13(18)10-19/h4-5,8,12-13,19H,6-7,9-10H2,1-3H3. The quantitative estimate of drug-likeness (QED) is 0.905. The molecule has 0 aromatic heterocycles. The van der Waals surface area contributed by atoms with Crippen LogP contribution in [0.25, 0.3) is 0 Å². The Morgan fingerprint density at radius 1 is 1.42 bits per heavy atom. The number of aliphatic hydroxyl groups excluding tert-OH is 1. The molecule has 0 bridgehead atoms. The van der Waals surface area contributed by atoms with Crippen molar-refractivity contribution >= 4 is 21.6 Å². The summed E-state index contributed by atoms with van der Waals surface area (Å²) in [6.07, 6.45) is 1.12. The second kappa shape index (κ2) is 6.25. The van der Waals surface area contributed by atoms with E-state index in [4.69, 9.17) is 0 Å². The zero-order valence-electron chi connectivity index (χ0n) is 11.9. The van der Waals surface area contributed by atoms with E-state index < -0.39 is 0 Å². The van der Waals surface area contributed by atoms with Gasteiger partial charge in [-0.15, -0.1) is 0 Å². The van der Waals surface area contributed by atoms with Crippen molar-refractivity contribution in [3.05, 3.63) is 28.2 Å². The van der Waals surface area contributed by atoms with Crippen molar-refractivity contribution in [1.82, 2.24) is 4.90 Å². The van der Waals surface area contributed by atoms with Gasteiger partial charge >= 0.3 is 0 Å². The fourth-order valence-corrected chi connectivity index (χ4v) is 3.38. The molecule has 1 saturated heterocycles. The Morgan fingerprint density at radius 2 is 2.16 bits per heavy atom. The fourth-order valence-electron chi connectivity index (χ4n) is 2.66. The maximum absolute atomic E-state index is 9.71. The molecule has 1 heterocycles. The van der Waals surface area contributed by atoms with E-state index in [9.17, 15) is 5.11 Å². The van der Waals surface area contributed by atoms with Crippen molar-refractivity contribution in [2.75, 3.05) is 31.6 Å². The van der Waals surface area contributed by atoms with Crippen LogP contribution >= 0.6 is 15.9 Å². The summed E-state index contributed by atoms with van der Waals surface area (Å²) in [6, 6.07) is 7.14. The summed E-state index contributed by atoms with van der Waals surface area (Å²) in [4.78, 5) is 4.67. The second-order valence-electron chi connectivity index (χ2n) is 5.56. The predicted molar refractivity (Wildman–Crippen MR) is 83.8 cm³/mol. The maximum atomic E-state index is 9.71. The summed E-state index contributed by atoms with van der Waals surface area (Å²) in [7, 11) is 2.14. The molecule has 1 aromatic rings. The average molecular weight is 327 g/mol. The minimum Gasteiger partial charge on any atom is -0.394 e. The van der Waals surface area contributed by atoms with Gasteiger partial charge in [-0.25, -0.2) is 0 Å². The van der Waals surface area contributed by atoms with Crippen molar-refractivity contribution in [2.24, 2.45) is 0 Å². The molecule has 0 aliphatic carbocycles. The van der Waals surface area contributed by atoms with Crippen LogP contribution in [-0.4, -0.2) is 48.8 Å². The number of hydrogen-bond donors (Lipinski definition) is 1. The van der Waals surface area contributed by atoms with Gasteiger partial charge in [-0.3, -0.25) is 0 Å². The first-order chi connectivity index (χ1) is 9.02. The summed E-state index contributed by atoms with van der Waals surface area (Å²) in [6.45, 7) is 6.42. The Kier molecular flexibility index (Phi) is 4.87. The van der Waals surface area contributed by atoms with Gasteiger partial charge in [0.1, 0.15) is 0 Å². The third kappa shape index (κ3) is 3.30. The lowest BCUT2D eigenvalue weighted by molar-refractivity contribution is 0.206. The molecule has 2 rings (SSSR count). The molecule has 0 radical (unpaired) electrons. The van der Waals surface area contributed by atoms with Gasteiger partial charge in [0.15, 0.2) is 0 Å². The molecular weight excluding hydrogens is 304 g/mol. The van der Waals surface area contributed by atoms with Gasteiger partial charge < -0.3 is 14.9 Å². The van der Waals surface area contributed by atoms with Crippen LogP contribution in [0, 0.1) is 6.92 Å². The van der Waals surface area contributed by atoms with Crippen LogP contribution in [0.1, 0.15) is 18.9 Å². The van der Waals surface area contributed by atoms with Crippen molar-refractivity contribution in [3.8, 4) is 0 Å². The molecule has 0 amide bonds. The Bertz CT molecular complexity index is 438. The van der Waals surface area contributed by atoms with Crippen LogP contribution in [0.3, 0.4) is 0 Å². The van der Waals surface area contributed by atoms with Crippen molar-refractivity contribution < 1.29 is 5.11 Å². The van der Waals surface area contributed by atoms with E-state index >= 15 is 0 Å². The molecule has 2 unspecified atom stereocenters. The molecule has 19 heavy (non-hydrogen) atoms. The molecule has 106 valence electrons. The van der Waals surface area contributed by atoms with Crippen molar-refractivity contribution in [1.29, 1.82) is 0 Å². The third-order valence-corrected chi connectivity index (χ3v) is 4.74. The third-order valence-electron chi connectivity index (χ3n) is 4.10. The molecule has 4 heteroatoms. The van der Waals surface area contributed by atoms with Gasteiger partial charge in [0.2, 0.25) is 0 Å². The van der Waals surface area contributed by atoms with Crippen molar-refractivity contribution in [2.45, 2.75) is 32.4 Å². The molecule has 1 fully saturated rings. The van der Waals surface area contributed by atoms with Crippen LogP contribution in [0.5, 0.6) is 0 Å². The first-order valence-electron chi connectivity index (χ1n) is 6.87. The summed E-state index contributed by atoms with van der Waals surface area (Å²) in [5.41, 5.74) is 2.43. The zero-order valence-corrected chi connectivity index (χ0v) is 13.5. The Labute approximate surface area is 124 Å². The molecule has 1 N–H and O–H groups in total. The largest absolute Gasteiger partial charge is 0.394 e. The zero-order chi connectivity index (χ0) is 14.0. The number of hydrogen-bond acceptors (Lipinski definition) is 3. The molecule has 2 atom stereocenters. The molecular formula is C15H23BrN2O. The smallest absolute Gasteiger partial charge is 0.0648 e. The van der Waals surface area contributed by atoms with E-state index in [1.807, 2.05) is 0 Å². The first kappa shape index (κ1) is 14.8. The lowest BCUT2D eigenvalue weighted by Crippen LogP contribution is -2.43. The van der Waals surface area contributed by atoms with E-state index in [0.29, 0.717) is 6.04 Å². The van der Waals surface area contributed by atoms with E-state index in [1.165, 1.54) is 11.3 Å². The average Bonchev–Trinajstić information content (AvgIpc) is 2.51. The summed E-state index contributed by atoms with van der Waals surface area (Å²) in [5.74, 6) is 0. The van der Waals surface area contributed by atoms with Crippen LogP contribution in [0.4, 0.5) is 5.69 Å². The number of likely N-dealkylation sites (N-methyl/N-ethyl adjacent to an activating group) is 1. The first-order valence-corrected chi connectivity index (χ1v) is 7.66. The summed E-state index contributed by atoms with van der Waals surface area (Å²) in [5, 5.41) is 9.71. The number of anilines is 1. The van der Waals surface area contributed by atoms with Gasteiger partial charge in [-0.1, -0.05) is 6.07 Å². The lowest BCUT2D eigenvalue weighted by Gasteiger charge is -2.32. The minimum atomic E-state index is 0.161. The van der Waals surface area contributed by atoms with E-state index in [-0.39, 0.29) is 12.6 Å². The van der Waals surface area contributed by atoms with Crippen LogP contribution in [-0.2, 0) is 0 Å².